The quantitative estimate of drug-likeness (QED) is 0.424. The molecule has 66 valence electrons. The molecule has 0 aromatic carbocycles. The minimum Gasteiger partial charge on any atom is -0.480 e. The predicted octanol–water partition coefficient (Wildman–Crippen LogP) is -1.24. The molecular weight excluding hydrogens is 148 g/mol. The molecule has 0 saturated heterocycles. The monoisotopic (exact) mass is 162 g/mol. The Morgan fingerprint density at radius 2 is 2.18 bits per heavy atom. The second-order valence-corrected chi connectivity index (χ2v) is 2.13. The van der Waals surface area contributed by atoms with Gasteiger partial charge in [-0.25, -0.2) is 0 Å². The van der Waals surface area contributed by atoms with Gasteiger partial charge in [0.15, 0.2) is 0 Å². The highest BCUT2D eigenvalue weighted by molar-refractivity contribution is 5.72. The van der Waals surface area contributed by atoms with Crippen LogP contribution in [0.25, 0.3) is 0 Å². The maximum atomic E-state index is 10.2. The first-order valence-corrected chi connectivity index (χ1v) is 3.44. The van der Waals surface area contributed by atoms with Crippen molar-refractivity contribution >= 4 is 5.97 Å². The number of nitrogens with two attached hydrogens (primary N) is 2. The lowest BCUT2D eigenvalue weighted by Gasteiger charge is -2.05. The lowest BCUT2D eigenvalue weighted by molar-refractivity contribution is -0.139. The van der Waals surface area contributed by atoms with E-state index in [-0.39, 0.29) is 0 Å². The van der Waals surface area contributed by atoms with Gasteiger partial charge in [0.1, 0.15) is 6.04 Å². The molecule has 5 nitrogen and oxygen atoms in total. The number of rotatable bonds is 6. The van der Waals surface area contributed by atoms with Crippen molar-refractivity contribution in [2.24, 2.45) is 11.5 Å². The Kier molecular flexibility index (Phi) is 5.73. The van der Waals surface area contributed by atoms with E-state index in [4.69, 9.17) is 21.3 Å². The van der Waals surface area contributed by atoms with E-state index in [1.165, 1.54) is 0 Å². The van der Waals surface area contributed by atoms with Crippen LogP contribution in [-0.2, 0) is 9.53 Å². The standard InChI is InChI=1S/C6H14N2O3/c7-2-4-11-3-1-5(8)6(9)10/h5H,1-4,7-8H2,(H,9,10). The van der Waals surface area contributed by atoms with Crippen LogP contribution in [0.1, 0.15) is 6.42 Å². The third kappa shape index (κ3) is 5.78. The van der Waals surface area contributed by atoms with Gasteiger partial charge in [-0.2, -0.15) is 0 Å². The zero-order chi connectivity index (χ0) is 8.69. The summed E-state index contributed by atoms with van der Waals surface area (Å²) in [5.74, 6) is -0.999. The molecule has 0 rings (SSSR count). The maximum absolute atomic E-state index is 10.2. The number of carboxylic acid groups (broad SMARTS) is 1. The molecule has 0 aliphatic carbocycles. The minimum atomic E-state index is -0.999. The van der Waals surface area contributed by atoms with E-state index < -0.39 is 12.0 Å². The fourth-order valence-electron chi connectivity index (χ4n) is 0.519. The van der Waals surface area contributed by atoms with Crippen LogP contribution in [0.4, 0.5) is 0 Å². The van der Waals surface area contributed by atoms with E-state index in [2.05, 4.69) is 0 Å². The normalized spacial score (nSPS) is 12.9. The summed E-state index contributed by atoms with van der Waals surface area (Å²) in [6.45, 7) is 1.25. The average Bonchev–Trinajstić information content (AvgIpc) is 1.97. The molecule has 0 saturated carbocycles. The molecule has 1 unspecified atom stereocenters. The molecule has 0 spiro atoms. The minimum absolute atomic E-state index is 0.329. The van der Waals surface area contributed by atoms with Crippen LogP contribution in [0.15, 0.2) is 0 Å². The predicted molar refractivity (Wildman–Crippen MR) is 40.1 cm³/mol. The average molecular weight is 162 g/mol. The van der Waals surface area contributed by atoms with Crippen LogP contribution in [0.3, 0.4) is 0 Å². The number of aliphatic carboxylic acids is 1. The summed E-state index contributed by atoms with van der Waals surface area (Å²) in [6, 6.07) is -0.826. The molecule has 0 bridgehead atoms. The molecule has 5 heteroatoms. The van der Waals surface area contributed by atoms with Gasteiger partial charge in [-0.1, -0.05) is 0 Å². The molecule has 0 heterocycles. The second kappa shape index (κ2) is 6.09. The lowest BCUT2D eigenvalue weighted by Crippen LogP contribution is -2.31. The second-order valence-electron chi connectivity index (χ2n) is 2.13. The molecule has 0 aromatic heterocycles. The van der Waals surface area contributed by atoms with Crippen LogP contribution in [0.5, 0.6) is 0 Å². The molecular formula is C6H14N2O3. The van der Waals surface area contributed by atoms with Gasteiger partial charge in [-0.3, -0.25) is 4.79 Å². The van der Waals surface area contributed by atoms with Gasteiger partial charge in [0.05, 0.1) is 6.61 Å². The van der Waals surface area contributed by atoms with E-state index >= 15 is 0 Å². The van der Waals surface area contributed by atoms with E-state index in [0.717, 1.165) is 0 Å². The Bertz CT molecular complexity index is 118. The first-order chi connectivity index (χ1) is 5.18. The number of carbonyl (C=O) groups is 1. The SMILES string of the molecule is NCCOCCC(N)C(=O)O. The van der Waals surface area contributed by atoms with E-state index in [1.807, 2.05) is 0 Å². The summed E-state index contributed by atoms with van der Waals surface area (Å²) in [5.41, 5.74) is 10.3. The number of ether oxygens (including phenoxy) is 1. The third-order valence-electron chi connectivity index (χ3n) is 1.15. The van der Waals surface area contributed by atoms with Gasteiger partial charge in [-0.05, 0) is 6.42 Å². The Labute approximate surface area is 65.3 Å². The van der Waals surface area contributed by atoms with Gasteiger partial charge in [0.25, 0.3) is 0 Å². The van der Waals surface area contributed by atoms with E-state index in [1.54, 1.807) is 0 Å². The van der Waals surface area contributed by atoms with Gasteiger partial charge in [0, 0.05) is 13.2 Å². The third-order valence-corrected chi connectivity index (χ3v) is 1.15. The van der Waals surface area contributed by atoms with Crippen LogP contribution in [0, 0.1) is 0 Å². The highest BCUT2D eigenvalue weighted by Gasteiger charge is 2.09. The fraction of sp³-hybridized carbons (Fsp3) is 0.833. The fourth-order valence-corrected chi connectivity index (χ4v) is 0.519. The largest absolute Gasteiger partial charge is 0.480 e. The number of hydrogen-bond donors (Lipinski definition) is 3. The molecule has 0 radical (unpaired) electrons. The molecule has 5 N–H and O–H groups in total. The Morgan fingerprint density at radius 1 is 1.55 bits per heavy atom. The van der Waals surface area contributed by atoms with Crippen LogP contribution >= 0.6 is 0 Å². The highest BCUT2D eigenvalue weighted by atomic mass is 16.5. The summed E-state index contributed by atoms with van der Waals surface area (Å²) >= 11 is 0. The van der Waals surface area contributed by atoms with Crippen LogP contribution in [-0.4, -0.2) is 36.9 Å². The zero-order valence-electron chi connectivity index (χ0n) is 6.32. The first kappa shape index (κ1) is 10.3. The highest BCUT2D eigenvalue weighted by Crippen LogP contribution is 1.88. The van der Waals surface area contributed by atoms with Gasteiger partial charge >= 0.3 is 5.97 Å². The lowest BCUT2D eigenvalue weighted by atomic mass is 10.2. The van der Waals surface area contributed by atoms with Crippen LogP contribution in [0.2, 0.25) is 0 Å². The topological polar surface area (TPSA) is 98.6 Å². The number of carboxylic acids is 1. The molecule has 0 fully saturated rings. The smallest absolute Gasteiger partial charge is 0.320 e. The summed E-state index contributed by atoms with van der Waals surface area (Å²) in [7, 11) is 0. The van der Waals surface area contributed by atoms with E-state index in [0.29, 0.717) is 26.2 Å². The van der Waals surface area contributed by atoms with Gasteiger partial charge in [-0.15, -0.1) is 0 Å². The maximum Gasteiger partial charge on any atom is 0.320 e. The molecule has 0 aliphatic heterocycles. The van der Waals surface area contributed by atoms with E-state index in [9.17, 15) is 4.79 Å². The number of hydrogen-bond acceptors (Lipinski definition) is 4. The molecule has 0 aliphatic rings. The van der Waals surface area contributed by atoms with Crippen molar-refractivity contribution in [1.82, 2.24) is 0 Å². The van der Waals surface area contributed by atoms with Crippen molar-refractivity contribution in [3.8, 4) is 0 Å². The van der Waals surface area contributed by atoms with Gasteiger partial charge < -0.3 is 21.3 Å². The molecule has 11 heavy (non-hydrogen) atoms. The summed E-state index contributed by atoms with van der Waals surface area (Å²) in [4.78, 5) is 10.2. The molecule has 0 amide bonds. The van der Waals surface area contributed by atoms with Gasteiger partial charge in [0.2, 0.25) is 0 Å². The molecule has 0 aromatic rings. The van der Waals surface area contributed by atoms with Crippen molar-refractivity contribution in [2.75, 3.05) is 19.8 Å². The van der Waals surface area contributed by atoms with Crippen molar-refractivity contribution in [3.05, 3.63) is 0 Å². The van der Waals surface area contributed by atoms with Crippen molar-refractivity contribution in [2.45, 2.75) is 12.5 Å². The summed E-state index contributed by atoms with van der Waals surface area (Å²) in [6.07, 6.45) is 0.329. The summed E-state index contributed by atoms with van der Waals surface area (Å²) in [5, 5.41) is 8.33. The zero-order valence-corrected chi connectivity index (χ0v) is 6.32. The van der Waals surface area contributed by atoms with Crippen molar-refractivity contribution in [3.63, 3.8) is 0 Å². The Hall–Kier alpha value is -0.650. The first-order valence-electron chi connectivity index (χ1n) is 3.44. The van der Waals surface area contributed by atoms with Crippen LogP contribution < -0.4 is 11.5 Å². The summed E-state index contributed by atoms with van der Waals surface area (Å²) < 4.78 is 4.94. The Morgan fingerprint density at radius 3 is 2.64 bits per heavy atom. The molecule has 1 atom stereocenters. The Balaban J connectivity index is 3.17. The van der Waals surface area contributed by atoms with Crippen molar-refractivity contribution < 1.29 is 14.6 Å². The van der Waals surface area contributed by atoms with Crippen molar-refractivity contribution in [1.29, 1.82) is 0 Å².